The van der Waals surface area contributed by atoms with Crippen molar-refractivity contribution in [3.63, 3.8) is 0 Å². The number of allylic oxidation sites excluding steroid dienone is 2. The number of hydrogen-bond donors (Lipinski definition) is 2. The molecule has 0 amide bonds. The summed E-state index contributed by atoms with van der Waals surface area (Å²) in [6.07, 6.45) is 5.13. The Kier molecular flexibility index (Phi) is 6.57. The van der Waals surface area contributed by atoms with E-state index in [4.69, 9.17) is 22.1 Å². The second-order valence-electron chi connectivity index (χ2n) is 5.38. The third-order valence-corrected chi connectivity index (χ3v) is 3.74. The fraction of sp³-hybridized carbons (Fsp3) is 0.375. The van der Waals surface area contributed by atoms with Gasteiger partial charge in [-0.1, -0.05) is 11.6 Å². The van der Waals surface area contributed by atoms with Crippen LogP contribution in [0.3, 0.4) is 0 Å². The van der Waals surface area contributed by atoms with Gasteiger partial charge in [-0.25, -0.2) is 4.98 Å². The van der Waals surface area contributed by atoms with Gasteiger partial charge in [0, 0.05) is 30.8 Å². The Bertz CT molecular complexity index is 652. The Morgan fingerprint density at radius 2 is 2.38 bits per heavy atom. The molecule has 0 spiro atoms. The van der Waals surface area contributed by atoms with Crippen molar-refractivity contribution in [3.05, 3.63) is 46.1 Å². The zero-order chi connectivity index (χ0) is 17.5. The molecule has 3 N–H and O–H groups in total. The summed E-state index contributed by atoms with van der Waals surface area (Å²) in [6, 6.07) is 1.68. The molecule has 0 bridgehead atoms. The fourth-order valence-electron chi connectivity index (χ4n) is 2.11. The van der Waals surface area contributed by atoms with Crippen LogP contribution in [0.2, 0.25) is 5.15 Å². The average molecular weight is 354 g/mol. The molecule has 0 fully saturated rings. The molecule has 1 aromatic rings. The third kappa shape index (κ3) is 5.21. The molecule has 0 radical (unpaired) electrons. The molecule has 24 heavy (non-hydrogen) atoms. The predicted molar refractivity (Wildman–Crippen MR) is 94.6 cm³/mol. The standard InChI is InChI=1S/C16H21ClFN5O/c1-11-7-12(22-10-15(11)24-6-5-23(2)18)8-20-9-13-14(19)3-4-21-16(13)17/h3-4,7,9,22H,5-6,8,10H2,1-2H3,(H2,19,21). The van der Waals surface area contributed by atoms with Gasteiger partial charge in [-0.2, -0.15) is 0 Å². The molecule has 1 aliphatic heterocycles. The Labute approximate surface area is 145 Å². The number of likely N-dealkylation sites (N-methyl/N-ethyl adjacent to an activating group) is 1. The average Bonchev–Trinajstić information content (AvgIpc) is 2.52. The molecule has 1 aliphatic rings. The number of nitrogens with one attached hydrogen (secondary N) is 1. The van der Waals surface area contributed by atoms with E-state index in [0.29, 0.717) is 41.2 Å². The van der Waals surface area contributed by atoms with Crippen LogP contribution in [0.1, 0.15) is 12.5 Å². The van der Waals surface area contributed by atoms with Crippen LogP contribution in [-0.2, 0) is 4.74 Å². The monoisotopic (exact) mass is 353 g/mol. The molecular formula is C16H21ClFN5O. The van der Waals surface area contributed by atoms with Crippen LogP contribution < -0.4 is 11.1 Å². The molecule has 130 valence electrons. The van der Waals surface area contributed by atoms with E-state index in [1.54, 1.807) is 18.5 Å². The topological polar surface area (TPSA) is 75.8 Å². The molecule has 1 aromatic heterocycles. The van der Waals surface area contributed by atoms with Gasteiger partial charge in [-0.05, 0) is 24.6 Å². The van der Waals surface area contributed by atoms with Crippen molar-refractivity contribution in [1.82, 2.24) is 15.4 Å². The van der Waals surface area contributed by atoms with Gasteiger partial charge >= 0.3 is 0 Å². The molecule has 8 heteroatoms. The van der Waals surface area contributed by atoms with Gasteiger partial charge in [-0.15, -0.1) is 9.60 Å². The van der Waals surface area contributed by atoms with Crippen molar-refractivity contribution in [3.8, 4) is 0 Å². The number of nitrogen functional groups attached to an aromatic ring is 1. The Hall–Kier alpha value is -2.12. The molecular weight excluding hydrogens is 333 g/mol. The van der Waals surface area contributed by atoms with Crippen molar-refractivity contribution in [2.45, 2.75) is 6.92 Å². The third-order valence-electron chi connectivity index (χ3n) is 3.44. The highest BCUT2D eigenvalue weighted by Crippen LogP contribution is 2.17. The van der Waals surface area contributed by atoms with Gasteiger partial charge in [0.15, 0.2) is 0 Å². The minimum atomic E-state index is 0.227. The predicted octanol–water partition coefficient (Wildman–Crippen LogP) is 2.33. The summed E-state index contributed by atoms with van der Waals surface area (Å²) in [5, 5.41) is 4.15. The number of hydrogen-bond acceptors (Lipinski definition) is 6. The van der Waals surface area contributed by atoms with E-state index in [9.17, 15) is 4.48 Å². The number of anilines is 1. The number of dihydropyridines is 1. The van der Waals surface area contributed by atoms with Crippen LogP contribution in [0, 0.1) is 0 Å². The number of rotatable bonds is 7. The number of ether oxygens (including phenoxy) is 1. The summed E-state index contributed by atoms with van der Waals surface area (Å²) >= 11 is 6.00. The summed E-state index contributed by atoms with van der Waals surface area (Å²) in [7, 11) is 1.36. The summed E-state index contributed by atoms with van der Waals surface area (Å²) < 4.78 is 18.2. The highest BCUT2D eigenvalue weighted by atomic mass is 35.5. The molecule has 6 nitrogen and oxygen atoms in total. The number of halogens is 2. The van der Waals surface area contributed by atoms with Crippen molar-refractivity contribution in [2.75, 3.05) is 39.0 Å². The molecule has 0 aliphatic carbocycles. The van der Waals surface area contributed by atoms with Crippen LogP contribution >= 0.6 is 11.6 Å². The van der Waals surface area contributed by atoms with E-state index >= 15 is 0 Å². The molecule has 2 heterocycles. The van der Waals surface area contributed by atoms with Gasteiger partial charge in [0.05, 0.1) is 25.2 Å². The maximum absolute atomic E-state index is 12.6. The van der Waals surface area contributed by atoms with E-state index < -0.39 is 0 Å². The van der Waals surface area contributed by atoms with Crippen LogP contribution in [0.25, 0.3) is 0 Å². The molecule has 0 saturated carbocycles. The van der Waals surface area contributed by atoms with Crippen molar-refractivity contribution < 1.29 is 9.22 Å². The number of nitrogens with zero attached hydrogens (tertiary/aromatic N) is 3. The second kappa shape index (κ2) is 8.65. The Morgan fingerprint density at radius 3 is 3.04 bits per heavy atom. The van der Waals surface area contributed by atoms with Crippen LogP contribution in [0.15, 0.2) is 40.4 Å². The second-order valence-corrected chi connectivity index (χ2v) is 5.74. The van der Waals surface area contributed by atoms with E-state index in [2.05, 4.69) is 15.3 Å². The summed E-state index contributed by atoms with van der Waals surface area (Å²) in [6.45, 7) is 3.50. The first-order valence-corrected chi connectivity index (χ1v) is 7.89. The van der Waals surface area contributed by atoms with Gasteiger partial charge in [-0.3, -0.25) is 4.99 Å². The van der Waals surface area contributed by atoms with E-state index in [1.807, 2.05) is 13.0 Å². The Morgan fingerprint density at radius 1 is 1.58 bits per heavy atom. The van der Waals surface area contributed by atoms with E-state index in [1.165, 1.54) is 7.05 Å². The number of nitrogens with two attached hydrogens (primary N) is 1. The molecule has 0 aromatic carbocycles. The first-order valence-electron chi connectivity index (χ1n) is 7.51. The maximum Gasteiger partial charge on any atom is 0.139 e. The van der Waals surface area contributed by atoms with E-state index in [-0.39, 0.29) is 6.54 Å². The first-order chi connectivity index (χ1) is 11.5. The highest BCUT2D eigenvalue weighted by molar-refractivity contribution is 6.32. The lowest BCUT2D eigenvalue weighted by molar-refractivity contribution is 0.0317. The van der Waals surface area contributed by atoms with Gasteiger partial charge in [0.25, 0.3) is 0 Å². The van der Waals surface area contributed by atoms with Crippen LogP contribution in [-0.4, -0.2) is 49.6 Å². The summed E-state index contributed by atoms with van der Waals surface area (Å²) in [5.74, 6) is 0.809. The van der Waals surface area contributed by atoms with E-state index in [0.717, 1.165) is 17.0 Å². The SMILES string of the molecule is CC1=C(OCCN(C)F)CNC(CN=Cc2c(N)ccnc2Cl)=C1. The summed E-state index contributed by atoms with van der Waals surface area (Å²) in [4.78, 5) is 8.33. The van der Waals surface area contributed by atoms with Crippen molar-refractivity contribution >= 4 is 23.5 Å². The number of aliphatic imine (C=N–C) groups is 1. The van der Waals surface area contributed by atoms with Crippen molar-refractivity contribution in [2.24, 2.45) is 4.99 Å². The minimum absolute atomic E-state index is 0.227. The highest BCUT2D eigenvalue weighted by Gasteiger charge is 2.11. The number of aromatic nitrogens is 1. The van der Waals surface area contributed by atoms with Gasteiger partial charge in [0.1, 0.15) is 17.5 Å². The molecule has 0 saturated heterocycles. The lowest BCUT2D eigenvalue weighted by atomic mass is 10.1. The first kappa shape index (κ1) is 18.2. The normalized spacial score (nSPS) is 15.0. The lowest BCUT2D eigenvalue weighted by Gasteiger charge is -2.20. The minimum Gasteiger partial charge on any atom is -0.494 e. The van der Waals surface area contributed by atoms with Crippen LogP contribution in [0.4, 0.5) is 10.2 Å². The Balaban J connectivity index is 1.94. The van der Waals surface area contributed by atoms with Crippen molar-refractivity contribution in [1.29, 1.82) is 0 Å². The smallest absolute Gasteiger partial charge is 0.139 e. The summed E-state index contributed by atoms with van der Waals surface area (Å²) in [5.41, 5.74) is 8.95. The quantitative estimate of drug-likeness (QED) is 0.447. The van der Waals surface area contributed by atoms with Crippen LogP contribution in [0.5, 0.6) is 0 Å². The molecule has 0 atom stereocenters. The molecule has 2 rings (SSSR count). The van der Waals surface area contributed by atoms with Gasteiger partial charge in [0.2, 0.25) is 0 Å². The lowest BCUT2D eigenvalue weighted by Crippen LogP contribution is -2.25. The molecule has 0 unspecified atom stereocenters. The van der Waals surface area contributed by atoms with Gasteiger partial charge < -0.3 is 15.8 Å². The zero-order valence-corrected chi connectivity index (χ0v) is 14.5. The fourth-order valence-corrected chi connectivity index (χ4v) is 2.33. The maximum atomic E-state index is 12.6. The largest absolute Gasteiger partial charge is 0.494 e. The number of pyridine rings is 1. The zero-order valence-electron chi connectivity index (χ0n) is 13.7.